The summed E-state index contributed by atoms with van der Waals surface area (Å²) in [6.45, 7) is 2.45. The molecule has 0 bridgehead atoms. The van der Waals surface area contributed by atoms with E-state index in [0.717, 1.165) is 44.8 Å². The summed E-state index contributed by atoms with van der Waals surface area (Å²) in [5, 5.41) is 10.3. The average Bonchev–Trinajstić information content (AvgIpc) is 3.29. The van der Waals surface area contributed by atoms with Crippen LogP contribution in [-0.2, 0) is 17.8 Å². The zero-order valence-electron chi connectivity index (χ0n) is 17.6. The number of amides is 1. The van der Waals surface area contributed by atoms with Crippen molar-refractivity contribution in [3.63, 3.8) is 0 Å². The van der Waals surface area contributed by atoms with Gasteiger partial charge in [-0.05, 0) is 42.3 Å². The summed E-state index contributed by atoms with van der Waals surface area (Å²) < 4.78 is 5.38. The Kier molecular flexibility index (Phi) is 6.08. The van der Waals surface area contributed by atoms with Crippen LogP contribution in [0.4, 0.5) is 0 Å². The lowest BCUT2D eigenvalue weighted by Crippen LogP contribution is -2.24. The van der Waals surface area contributed by atoms with Gasteiger partial charge in [-0.2, -0.15) is 5.10 Å². The smallest absolute Gasteiger partial charge is 0.224 e. The molecule has 0 fully saturated rings. The van der Waals surface area contributed by atoms with Crippen molar-refractivity contribution < 1.29 is 9.53 Å². The summed E-state index contributed by atoms with van der Waals surface area (Å²) in [7, 11) is 1.62. The maximum atomic E-state index is 12.5. The number of aryl methyl sites for hydroxylation is 1. The van der Waals surface area contributed by atoms with E-state index in [0.29, 0.717) is 6.54 Å². The van der Waals surface area contributed by atoms with Gasteiger partial charge in [0.15, 0.2) is 0 Å². The minimum atomic E-state index is -0.0479. The molecule has 2 aromatic heterocycles. The largest absolute Gasteiger partial charge is 0.496 e. The molecule has 2 N–H and O–H groups in total. The van der Waals surface area contributed by atoms with Crippen LogP contribution in [-0.4, -0.2) is 28.2 Å². The van der Waals surface area contributed by atoms with Crippen LogP contribution in [0.3, 0.4) is 0 Å². The predicted molar refractivity (Wildman–Crippen MR) is 121 cm³/mol. The second kappa shape index (κ2) is 9.26. The molecule has 0 atom stereocenters. The van der Waals surface area contributed by atoms with Gasteiger partial charge in [-0.25, -0.2) is 0 Å². The van der Waals surface area contributed by atoms with Crippen molar-refractivity contribution >= 4 is 5.91 Å². The Morgan fingerprint density at radius 1 is 1.06 bits per heavy atom. The molecule has 0 aliphatic carbocycles. The zero-order chi connectivity index (χ0) is 21.6. The van der Waals surface area contributed by atoms with E-state index in [1.807, 2.05) is 61.7 Å². The van der Waals surface area contributed by atoms with Gasteiger partial charge in [-0.1, -0.05) is 35.9 Å². The summed E-state index contributed by atoms with van der Waals surface area (Å²) in [5.41, 5.74) is 6.99. The van der Waals surface area contributed by atoms with Gasteiger partial charge < -0.3 is 10.1 Å². The molecule has 1 amide bonds. The Hall–Kier alpha value is -3.93. The van der Waals surface area contributed by atoms with Gasteiger partial charge in [-0.15, -0.1) is 0 Å². The first-order valence-electron chi connectivity index (χ1n) is 10.1. The zero-order valence-corrected chi connectivity index (χ0v) is 17.6. The summed E-state index contributed by atoms with van der Waals surface area (Å²) in [4.78, 5) is 16.6. The first-order valence-corrected chi connectivity index (χ1v) is 10.1. The molecule has 4 rings (SSSR count). The summed E-state index contributed by atoms with van der Waals surface area (Å²) in [6.07, 6.45) is 5.62. The van der Waals surface area contributed by atoms with Crippen LogP contribution < -0.4 is 10.1 Å². The standard InChI is InChI=1S/C25H24N4O2/c1-17-6-7-23(31-2)21(12-17)14-24(30)27-15-18-4-3-5-20(13-18)25-22(16-28-29-25)19-8-10-26-11-9-19/h3-13,16H,14-15H2,1-2H3,(H,27,30)(H,28,29). The van der Waals surface area contributed by atoms with Crippen molar-refractivity contribution in [3.8, 4) is 28.1 Å². The summed E-state index contributed by atoms with van der Waals surface area (Å²) in [6, 6.07) is 17.8. The van der Waals surface area contributed by atoms with Crippen LogP contribution in [0, 0.1) is 6.92 Å². The monoisotopic (exact) mass is 412 g/mol. The molecular formula is C25H24N4O2. The normalized spacial score (nSPS) is 10.6. The highest BCUT2D eigenvalue weighted by molar-refractivity contribution is 5.81. The fourth-order valence-electron chi connectivity index (χ4n) is 3.57. The molecule has 6 heteroatoms. The van der Waals surface area contributed by atoms with Crippen molar-refractivity contribution in [1.82, 2.24) is 20.5 Å². The maximum absolute atomic E-state index is 12.5. The third-order valence-corrected chi connectivity index (χ3v) is 5.12. The average molecular weight is 412 g/mol. The highest BCUT2D eigenvalue weighted by atomic mass is 16.5. The Labute approximate surface area is 181 Å². The molecule has 0 radical (unpaired) electrons. The number of H-pyrrole nitrogens is 1. The number of methoxy groups -OCH3 is 1. The highest BCUT2D eigenvalue weighted by Crippen LogP contribution is 2.30. The first kappa shape index (κ1) is 20.3. The minimum absolute atomic E-state index is 0.0479. The number of nitrogens with one attached hydrogen (secondary N) is 2. The van der Waals surface area contributed by atoms with Gasteiger partial charge in [0.1, 0.15) is 5.75 Å². The van der Waals surface area contributed by atoms with Crippen molar-refractivity contribution in [2.24, 2.45) is 0 Å². The third kappa shape index (κ3) is 4.80. The molecular weight excluding hydrogens is 388 g/mol. The molecule has 0 spiro atoms. The molecule has 6 nitrogen and oxygen atoms in total. The van der Waals surface area contributed by atoms with Gasteiger partial charge in [0.2, 0.25) is 5.91 Å². The maximum Gasteiger partial charge on any atom is 0.224 e. The second-order valence-electron chi connectivity index (χ2n) is 7.36. The lowest BCUT2D eigenvalue weighted by molar-refractivity contribution is -0.120. The van der Waals surface area contributed by atoms with E-state index in [-0.39, 0.29) is 12.3 Å². The minimum Gasteiger partial charge on any atom is -0.496 e. The van der Waals surface area contributed by atoms with Crippen molar-refractivity contribution in [3.05, 3.63) is 89.9 Å². The number of hydrogen-bond acceptors (Lipinski definition) is 4. The van der Waals surface area contributed by atoms with Crippen molar-refractivity contribution in [2.75, 3.05) is 7.11 Å². The quantitative estimate of drug-likeness (QED) is 0.474. The lowest BCUT2D eigenvalue weighted by Gasteiger charge is -2.11. The highest BCUT2D eigenvalue weighted by Gasteiger charge is 2.12. The Morgan fingerprint density at radius 2 is 1.90 bits per heavy atom. The number of nitrogens with zero attached hydrogens (tertiary/aromatic N) is 2. The van der Waals surface area contributed by atoms with Crippen LogP contribution in [0.15, 0.2) is 73.2 Å². The number of carbonyl (C=O) groups is 1. The fraction of sp³-hybridized carbons (Fsp3) is 0.160. The lowest BCUT2D eigenvalue weighted by atomic mass is 10.0. The number of carbonyl (C=O) groups excluding carboxylic acids is 1. The SMILES string of the molecule is COc1ccc(C)cc1CC(=O)NCc1cccc(-c2[nH]ncc2-c2ccncc2)c1. The van der Waals surface area contributed by atoms with Crippen LogP contribution in [0.1, 0.15) is 16.7 Å². The molecule has 31 heavy (non-hydrogen) atoms. The van der Waals surface area contributed by atoms with Crippen LogP contribution in [0.25, 0.3) is 22.4 Å². The number of ether oxygens (including phenoxy) is 1. The molecule has 0 unspecified atom stereocenters. The van der Waals surface area contributed by atoms with E-state index in [1.165, 1.54) is 0 Å². The molecule has 0 saturated heterocycles. The first-order chi connectivity index (χ1) is 15.1. The molecule has 156 valence electrons. The summed E-state index contributed by atoms with van der Waals surface area (Å²) in [5.74, 6) is 0.680. The Balaban J connectivity index is 1.46. The second-order valence-corrected chi connectivity index (χ2v) is 7.36. The molecule has 0 saturated carbocycles. The van der Waals surface area contributed by atoms with E-state index < -0.39 is 0 Å². The number of benzene rings is 2. The predicted octanol–water partition coefficient (Wildman–Crippen LogP) is 4.31. The third-order valence-electron chi connectivity index (χ3n) is 5.12. The van der Waals surface area contributed by atoms with E-state index in [2.05, 4.69) is 26.6 Å². The van der Waals surface area contributed by atoms with Gasteiger partial charge in [0, 0.05) is 35.6 Å². The summed E-state index contributed by atoms with van der Waals surface area (Å²) >= 11 is 0. The topological polar surface area (TPSA) is 79.9 Å². The Morgan fingerprint density at radius 3 is 2.71 bits per heavy atom. The molecule has 0 aliphatic heterocycles. The Bertz CT molecular complexity index is 1190. The molecule has 2 heterocycles. The molecule has 0 aliphatic rings. The van der Waals surface area contributed by atoms with Gasteiger partial charge >= 0.3 is 0 Å². The van der Waals surface area contributed by atoms with Gasteiger partial charge in [0.25, 0.3) is 0 Å². The van der Waals surface area contributed by atoms with E-state index in [4.69, 9.17) is 4.74 Å². The fourth-order valence-corrected chi connectivity index (χ4v) is 3.57. The number of hydrogen-bond donors (Lipinski definition) is 2. The van der Waals surface area contributed by atoms with Crippen LogP contribution >= 0.6 is 0 Å². The number of aromatic amines is 1. The van der Waals surface area contributed by atoms with Gasteiger partial charge in [0.05, 0.1) is 25.4 Å². The van der Waals surface area contributed by atoms with Crippen LogP contribution in [0.5, 0.6) is 5.75 Å². The molecule has 2 aromatic carbocycles. The van der Waals surface area contributed by atoms with E-state index in [1.54, 1.807) is 19.5 Å². The molecule has 4 aromatic rings. The van der Waals surface area contributed by atoms with Crippen molar-refractivity contribution in [2.45, 2.75) is 19.9 Å². The number of rotatable bonds is 7. The van der Waals surface area contributed by atoms with Crippen molar-refractivity contribution in [1.29, 1.82) is 0 Å². The van der Waals surface area contributed by atoms with E-state index in [9.17, 15) is 4.79 Å². The van der Waals surface area contributed by atoms with Gasteiger partial charge in [-0.3, -0.25) is 14.9 Å². The number of pyridine rings is 1. The van der Waals surface area contributed by atoms with E-state index >= 15 is 0 Å². The number of aromatic nitrogens is 3. The van der Waals surface area contributed by atoms with Crippen LogP contribution in [0.2, 0.25) is 0 Å².